The first-order valence-corrected chi connectivity index (χ1v) is 13.2. The number of benzene rings is 2. The zero-order chi connectivity index (χ0) is 28.6. The molecule has 0 radical (unpaired) electrons. The number of carbonyl (C=O) groups excluding carboxylic acids is 3. The summed E-state index contributed by atoms with van der Waals surface area (Å²) in [7, 11) is 0. The van der Waals surface area contributed by atoms with Crippen molar-refractivity contribution < 1.29 is 27.9 Å². The summed E-state index contributed by atoms with van der Waals surface area (Å²) in [6.45, 7) is 3.98. The van der Waals surface area contributed by atoms with Gasteiger partial charge < -0.3 is 25.5 Å². The number of nitrogens with two attached hydrogens (primary N) is 1. The predicted molar refractivity (Wildman–Crippen MR) is 147 cm³/mol. The largest absolute Gasteiger partial charge is 0.467 e. The molecule has 1 aromatic heterocycles. The van der Waals surface area contributed by atoms with E-state index in [4.69, 9.17) is 14.9 Å². The van der Waals surface area contributed by atoms with Gasteiger partial charge in [-0.25, -0.2) is 9.18 Å². The molecule has 4 rings (SSSR count). The zero-order valence-corrected chi connectivity index (χ0v) is 22.5. The molecule has 0 fully saturated rings. The Bertz CT molecular complexity index is 1420. The van der Waals surface area contributed by atoms with E-state index < -0.39 is 17.8 Å². The van der Waals surface area contributed by atoms with Gasteiger partial charge in [0.1, 0.15) is 11.6 Å². The number of furan rings is 1. The summed E-state index contributed by atoms with van der Waals surface area (Å²) in [6, 6.07) is 16.4. The van der Waals surface area contributed by atoms with Gasteiger partial charge in [0.05, 0.1) is 30.9 Å². The Balaban J connectivity index is 1.70. The smallest absolute Gasteiger partial charge is 0.336 e. The van der Waals surface area contributed by atoms with Crippen LogP contribution in [0.2, 0.25) is 0 Å². The second-order valence-corrected chi connectivity index (χ2v) is 9.29. The first-order chi connectivity index (χ1) is 19.3. The van der Waals surface area contributed by atoms with Crippen LogP contribution in [0, 0.1) is 5.82 Å². The van der Waals surface area contributed by atoms with Crippen LogP contribution in [-0.2, 0) is 27.3 Å². The van der Waals surface area contributed by atoms with Gasteiger partial charge in [-0.3, -0.25) is 9.59 Å². The van der Waals surface area contributed by atoms with E-state index in [1.54, 1.807) is 55.5 Å². The van der Waals surface area contributed by atoms with Crippen LogP contribution in [-0.4, -0.2) is 24.4 Å². The highest BCUT2D eigenvalue weighted by atomic mass is 19.1. The molecule has 9 heteroatoms. The number of hydrogen-bond acceptors (Lipinski definition) is 6. The summed E-state index contributed by atoms with van der Waals surface area (Å²) >= 11 is 0. The highest BCUT2D eigenvalue weighted by molar-refractivity contribution is 6.01. The van der Waals surface area contributed by atoms with Crippen LogP contribution in [0.3, 0.4) is 0 Å². The third kappa shape index (κ3) is 6.48. The van der Waals surface area contributed by atoms with Crippen molar-refractivity contribution >= 4 is 17.8 Å². The lowest BCUT2D eigenvalue weighted by Gasteiger charge is -2.32. The molecule has 0 aliphatic carbocycles. The van der Waals surface area contributed by atoms with Crippen molar-refractivity contribution in [3.8, 4) is 0 Å². The van der Waals surface area contributed by atoms with Crippen LogP contribution in [0.15, 0.2) is 93.9 Å². The lowest BCUT2D eigenvalue weighted by Crippen LogP contribution is -2.35. The summed E-state index contributed by atoms with van der Waals surface area (Å²) in [6.07, 6.45) is 2.94. The van der Waals surface area contributed by atoms with Crippen LogP contribution >= 0.6 is 0 Å². The van der Waals surface area contributed by atoms with E-state index in [1.165, 1.54) is 18.4 Å². The molecular weight excluding hydrogens is 513 g/mol. The van der Waals surface area contributed by atoms with E-state index in [-0.39, 0.29) is 36.0 Å². The fourth-order valence-electron chi connectivity index (χ4n) is 4.79. The maximum Gasteiger partial charge on any atom is 0.336 e. The molecule has 1 aliphatic heterocycles. The minimum absolute atomic E-state index is 0.144. The van der Waals surface area contributed by atoms with Crippen LogP contribution in [0.4, 0.5) is 4.39 Å². The Hall–Kier alpha value is -4.66. The number of allylic oxidation sites excluding steroid dienone is 2. The molecule has 0 spiro atoms. The van der Waals surface area contributed by atoms with Crippen LogP contribution in [0.1, 0.15) is 59.9 Å². The number of primary amides is 1. The Morgan fingerprint density at radius 1 is 0.975 bits per heavy atom. The van der Waals surface area contributed by atoms with E-state index >= 15 is 0 Å². The SMILES string of the molecule is CCOC(=O)C1=C(CCc2ccc(F)cc2)NC(CC)=C(C(N)=O)C1c1ccc(C(=O)NCc2ccco2)cc1. The van der Waals surface area contributed by atoms with E-state index in [2.05, 4.69) is 10.6 Å². The standard InChI is InChI=1S/C31H32FN3O5/c1-3-24-27(29(33)36)26(20-10-12-21(13-11-20)30(37)34-18-23-6-5-17-40-23)28(31(38)39-4-2)25(35-24)16-9-19-7-14-22(32)15-8-19/h5-8,10-15,17,26,35H,3-4,9,16,18H2,1-2H3,(H2,33,36)(H,34,37). The molecular formula is C31H32FN3O5. The third-order valence-electron chi connectivity index (χ3n) is 6.73. The molecule has 4 N–H and O–H groups in total. The Kier molecular flexibility index (Phi) is 9.16. The summed E-state index contributed by atoms with van der Waals surface area (Å²) in [5.74, 6) is -2.02. The number of nitrogens with one attached hydrogen (secondary N) is 2. The van der Waals surface area contributed by atoms with Crippen molar-refractivity contribution in [2.24, 2.45) is 5.73 Å². The molecule has 2 heterocycles. The number of hydrogen-bond donors (Lipinski definition) is 3. The fourth-order valence-corrected chi connectivity index (χ4v) is 4.79. The highest BCUT2D eigenvalue weighted by Gasteiger charge is 2.38. The minimum atomic E-state index is -0.795. The van der Waals surface area contributed by atoms with Gasteiger partial charge >= 0.3 is 5.97 Å². The van der Waals surface area contributed by atoms with Gasteiger partial charge in [-0.2, -0.15) is 0 Å². The molecule has 1 unspecified atom stereocenters. The number of amides is 2. The number of carbonyl (C=O) groups is 3. The maximum absolute atomic E-state index is 13.4. The van der Waals surface area contributed by atoms with Gasteiger partial charge in [-0.15, -0.1) is 0 Å². The molecule has 0 saturated heterocycles. The molecule has 8 nitrogen and oxygen atoms in total. The lowest BCUT2D eigenvalue weighted by molar-refractivity contribution is -0.138. The first-order valence-electron chi connectivity index (χ1n) is 13.2. The van der Waals surface area contributed by atoms with E-state index in [9.17, 15) is 18.8 Å². The number of esters is 1. The monoisotopic (exact) mass is 545 g/mol. The van der Waals surface area contributed by atoms with Crippen LogP contribution in [0.5, 0.6) is 0 Å². The molecule has 2 aromatic carbocycles. The number of aryl methyl sites for hydroxylation is 1. The van der Waals surface area contributed by atoms with Gasteiger partial charge in [0, 0.05) is 22.5 Å². The van der Waals surface area contributed by atoms with E-state index in [0.717, 1.165) is 5.56 Å². The molecule has 208 valence electrons. The first kappa shape index (κ1) is 28.4. The molecule has 1 atom stereocenters. The zero-order valence-electron chi connectivity index (χ0n) is 22.5. The van der Waals surface area contributed by atoms with Crippen molar-refractivity contribution in [3.05, 3.63) is 118 Å². The van der Waals surface area contributed by atoms with Crippen LogP contribution < -0.4 is 16.4 Å². The van der Waals surface area contributed by atoms with Crippen molar-refractivity contribution in [1.82, 2.24) is 10.6 Å². The molecule has 0 bridgehead atoms. The quantitative estimate of drug-likeness (QED) is 0.302. The number of dihydropyridines is 1. The van der Waals surface area contributed by atoms with Crippen molar-refractivity contribution in [2.75, 3.05) is 6.61 Å². The van der Waals surface area contributed by atoms with Crippen molar-refractivity contribution in [1.29, 1.82) is 0 Å². The van der Waals surface area contributed by atoms with E-state index in [0.29, 0.717) is 47.5 Å². The average Bonchev–Trinajstić information content (AvgIpc) is 3.48. The molecule has 3 aromatic rings. The molecule has 2 amide bonds. The van der Waals surface area contributed by atoms with E-state index in [1.807, 2.05) is 6.92 Å². The number of rotatable bonds is 11. The second-order valence-electron chi connectivity index (χ2n) is 9.29. The maximum atomic E-state index is 13.4. The predicted octanol–water partition coefficient (Wildman–Crippen LogP) is 4.63. The Morgan fingerprint density at radius 2 is 1.70 bits per heavy atom. The summed E-state index contributed by atoms with van der Waals surface area (Å²) in [4.78, 5) is 38.8. The minimum Gasteiger partial charge on any atom is -0.467 e. The topological polar surface area (TPSA) is 124 Å². The number of halogens is 1. The summed E-state index contributed by atoms with van der Waals surface area (Å²) in [5, 5.41) is 6.07. The average molecular weight is 546 g/mol. The Labute approximate surface area is 232 Å². The third-order valence-corrected chi connectivity index (χ3v) is 6.73. The lowest BCUT2D eigenvalue weighted by atomic mass is 9.78. The fraction of sp³-hybridized carbons (Fsp3) is 0.258. The van der Waals surface area contributed by atoms with Gasteiger partial charge in [-0.05, 0) is 73.7 Å². The highest BCUT2D eigenvalue weighted by Crippen LogP contribution is 2.40. The molecule has 1 aliphatic rings. The number of ether oxygens (including phenoxy) is 1. The molecule has 40 heavy (non-hydrogen) atoms. The Morgan fingerprint density at radius 3 is 2.30 bits per heavy atom. The van der Waals surface area contributed by atoms with Gasteiger partial charge in [0.15, 0.2) is 0 Å². The normalized spacial score (nSPS) is 15.0. The van der Waals surface area contributed by atoms with Gasteiger partial charge in [-0.1, -0.05) is 31.2 Å². The van der Waals surface area contributed by atoms with Crippen molar-refractivity contribution in [2.45, 2.75) is 45.6 Å². The van der Waals surface area contributed by atoms with Crippen LogP contribution in [0.25, 0.3) is 0 Å². The second kappa shape index (κ2) is 12.9. The van der Waals surface area contributed by atoms with Crippen molar-refractivity contribution in [3.63, 3.8) is 0 Å². The summed E-state index contributed by atoms with van der Waals surface area (Å²) in [5.41, 5.74) is 9.55. The van der Waals surface area contributed by atoms with Gasteiger partial charge in [0.2, 0.25) is 5.91 Å². The molecule has 0 saturated carbocycles. The summed E-state index contributed by atoms with van der Waals surface area (Å²) < 4.78 is 24.1. The van der Waals surface area contributed by atoms with Gasteiger partial charge in [0.25, 0.3) is 5.91 Å².